The Morgan fingerprint density at radius 2 is 2.05 bits per heavy atom. The second-order valence-electron chi connectivity index (χ2n) is 5.14. The van der Waals surface area contributed by atoms with Crippen LogP contribution >= 0.6 is 11.6 Å². The molecule has 0 bridgehead atoms. The molecule has 1 amide bonds. The molecule has 1 atom stereocenters. The summed E-state index contributed by atoms with van der Waals surface area (Å²) in [5.41, 5.74) is 9.81. The normalized spacial score (nSPS) is 12.2. The maximum Gasteiger partial charge on any atom is 0.248 e. The van der Waals surface area contributed by atoms with Crippen LogP contribution in [0.25, 0.3) is 0 Å². The summed E-state index contributed by atoms with van der Waals surface area (Å²) in [6.07, 6.45) is 0. The molecule has 6 heteroatoms. The summed E-state index contributed by atoms with van der Waals surface area (Å²) in [5.74, 6) is -0.151. The minimum absolute atomic E-state index is 0.151. The van der Waals surface area contributed by atoms with E-state index in [4.69, 9.17) is 17.3 Å². The van der Waals surface area contributed by atoms with Gasteiger partial charge in [0.05, 0.1) is 16.4 Å². The van der Waals surface area contributed by atoms with Crippen LogP contribution in [0.3, 0.4) is 0 Å². The quantitative estimate of drug-likeness (QED) is 0.855. The van der Waals surface area contributed by atoms with Gasteiger partial charge in [0.25, 0.3) is 0 Å². The standard InChI is InChI=1S/C15H19ClN4O/c1-8-9(2)19-20(10(8)3)11(4)15(21)18-12-5-6-13(16)14(17)7-12/h5-7,11H,17H2,1-4H3,(H,18,21). The SMILES string of the molecule is Cc1nn(C(C)C(=O)Nc2ccc(Cl)c(N)c2)c(C)c1C. The Bertz CT molecular complexity index is 693. The van der Waals surface area contributed by atoms with Gasteiger partial charge in [-0.25, -0.2) is 0 Å². The Morgan fingerprint density at radius 1 is 1.38 bits per heavy atom. The number of carbonyl (C=O) groups excluding carboxylic acids is 1. The molecule has 0 aliphatic carbocycles. The van der Waals surface area contributed by atoms with Crippen molar-refractivity contribution in [2.24, 2.45) is 0 Å². The van der Waals surface area contributed by atoms with E-state index in [0.717, 1.165) is 17.0 Å². The topological polar surface area (TPSA) is 72.9 Å². The number of aryl methyl sites for hydroxylation is 1. The third-order valence-electron chi connectivity index (χ3n) is 3.70. The first-order valence-electron chi connectivity index (χ1n) is 6.69. The Labute approximate surface area is 129 Å². The molecule has 0 aliphatic rings. The average Bonchev–Trinajstić information content (AvgIpc) is 2.69. The van der Waals surface area contributed by atoms with E-state index in [1.54, 1.807) is 22.9 Å². The molecule has 21 heavy (non-hydrogen) atoms. The van der Waals surface area contributed by atoms with Crippen molar-refractivity contribution in [3.8, 4) is 0 Å². The lowest BCUT2D eigenvalue weighted by atomic mass is 10.2. The summed E-state index contributed by atoms with van der Waals surface area (Å²) in [5, 5.41) is 7.71. The van der Waals surface area contributed by atoms with Gasteiger partial charge in [-0.05, 0) is 51.5 Å². The summed E-state index contributed by atoms with van der Waals surface area (Å²) >= 11 is 5.86. The largest absolute Gasteiger partial charge is 0.397 e. The van der Waals surface area contributed by atoms with Crippen LogP contribution in [0.4, 0.5) is 11.4 Å². The zero-order valence-corrected chi connectivity index (χ0v) is 13.3. The molecule has 1 heterocycles. The van der Waals surface area contributed by atoms with Crippen LogP contribution in [-0.2, 0) is 4.79 Å². The van der Waals surface area contributed by atoms with Gasteiger partial charge < -0.3 is 11.1 Å². The van der Waals surface area contributed by atoms with Crippen molar-refractivity contribution in [2.45, 2.75) is 33.7 Å². The van der Waals surface area contributed by atoms with Crippen LogP contribution < -0.4 is 11.1 Å². The van der Waals surface area contributed by atoms with E-state index in [0.29, 0.717) is 16.4 Å². The van der Waals surface area contributed by atoms with E-state index < -0.39 is 6.04 Å². The Kier molecular flexibility index (Phi) is 4.23. The van der Waals surface area contributed by atoms with Gasteiger partial charge in [0, 0.05) is 11.4 Å². The van der Waals surface area contributed by atoms with Gasteiger partial charge in [0.2, 0.25) is 5.91 Å². The average molecular weight is 307 g/mol. The van der Waals surface area contributed by atoms with Gasteiger partial charge in [-0.3, -0.25) is 9.48 Å². The highest BCUT2D eigenvalue weighted by Crippen LogP contribution is 2.23. The molecule has 0 spiro atoms. The van der Waals surface area contributed by atoms with Gasteiger partial charge in [-0.15, -0.1) is 0 Å². The minimum atomic E-state index is -0.408. The number of benzene rings is 1. The molecule has 1 unspecified atom stereocenters. The molecule has 0 radical (unpaired) electrons. The first kappa shape index (κ1) is 15.4. The van der Waals surface area contributed by atoms with Crippen LogP contribution in [-0.4, -0.2) is 15.7 Å². The number of hydrogen-bond donors (Lipinski definition) is 2. The molecule has 0 aliphatic heterocycles. The number of hydrogen-bond acceptors (Lipinski definition) is 3. The van der Waals surface area contributed by atoms with Gasteiger partial charge in [0.1, 0.15) is 6.04 Å². The number of rotatable bonds is 3. The highest BCUT2D eigenvalue weighted by Gasteiger charge is 2.19. The number of carbonyl (C=O) groups is 1. The predicted molar refractivity (Wildman–Crippen MR) is 85.6 cm³/mol. The Balaban J connectivity index is 2.19. The fraction of sp³-hybridized carbons (Fsp3) is 0.333. The number of aromatic nitrogens is 2. The number of halogens is 1. The second kappa shape index (κ2) is 5.77. The molecular formula is C15H19ClN4O. The maximum atomic E-state index is 12.3. The summed E-state index contributed by atoms with van der Waals surface area (Å²) in [6.45, 7) is 7.70. The van der Waals surface area contributed by atoms with Crippen molar-refractivity contribution in [1.29, 1.82) is 0 Å². The van der Waals surface area contributed by atoms with E-state index in [1.807, 2.05) is 27.7 Å². The minimum Gasteiger partial charge on any atom is -0.397 e. The molecular weight excluding hydrogens is 288 g/mol. The molecule has 3 N–H and O–H groups in total. The van der Waals surface area contributed by atoms with E-state index in [1.165, 1.54) is 0 Å². The van der Waals surface area contributed by atoms with Crippen LogP contribution in [0, 0.1) is 20.8 Å². The lowest BCUT2D eigenvalue weighted by Crippen LogP contribution is -2.25. The third kappa shape index (κ3) is 3.03. The molecule has 0 fully saturated rings. The number of nitrogens with two attached hydrogens (primary N) is 1. The molecule has 2 rings (SSSR count). The smallest absolute Gasteiger partial charge is 0.248 e. The zero-order valence-electron chi connectivity index (χ0n) is 12.6. The van der Waals surface area contributed by atoms with Gasteiger partial charge in [-0.2, -0.15) is 5.10 Å². The Morgan fingerprint density at radius 3 is 2.57 bits per heavy atom. The van der Waals surface area contributed by atoms with Gasteiger partial charge in [0.15, 0.2) is 0 Å². The first-order chi connectivity index (χ1) is 9.81. The van der Waals surface area contributed by atoms with Crippen LogP contribution in [0.15, 0.2) is 18.2 Å². The van der Waals surface area contributed by atoms with Crippen LogP contribution in [0.2, 0.25) is 5.02 Å². The van der Waals surface area contributed by atoms with Crippen molar-refractivity contribution in [1.82, 2.24) is 9.78 Å². The van der Waals surface area contributed by atoms with Crippen molar-refractivity contribution in [2.75, 3.05) is 11.1 Å². The van der Waals surface area contributed by atoms with Crippen molar-refractivity contribution in [3.63, 3.8) is 0 Å². The lowest BCUT2D eigenvalue weighted by molar-refractivity contribution is -0.119. The van der Waals surface area contributed by atoms with Crippen molar-refractivity contribution < 1.29 is 4.79 Å². The fourth-order valence-corrected chi connectivity index (χ4v) is 2.22. The zero-order chi connectivity index (χ0) is 15.7. The number of anilines is 2. The first-order valence-corrected chi connectivity index (χ1v) is 7.07. The summed E-state index contributed by atoms with van der Waals surface area (Å²) in [4.78, 5) is 12.3. The molecule has 1 aromatic carbocycles. The maximum absolute atomic E-state index is 12.3. The summed E-state index contributed by atoms with van der Waals surface area (Å²) < 4.78 is 1.74. The van der Waals surface area contributed by atoms with Crippen LogP contribution in [0.1, 0.15) is 29.9 Å². The van der Waals surface area contributed by atoms with Crippen LogP contribution in [0.5, 0.6) is 0 Å². The fourth-order valence-electron chi connectivity index (χ4n) is 2.10. The number of nitrogens with zero attached hydrogens (tertiary/aromatic N) is 2. The van der Waals surface area contributed by atoms with Gasteiger partial charge in [-0.1, -0.05) is 11.6 Å². The summed E-state index contributed by atoms with van der Waals surface area (Å²) in [7, 11) is 0. The summed E-state index contributed by atoms with van der Waals surface area (Å²) in [6, 6.07) is 4.61. The van der Waals surface area contributed by atoms with Crippen molar-refractivity contribution in [3.05, 3.63) is 40.2 Å². The molecule has 0 saturated heterocycles. The van der Waals surface area contributed by atoms with Gasteiger partial charge >= 0.3 is 0 Å². The van der Waals surface area contributed by atoms with E-state index in [9.17, 15) is 4.79 Å². The third-order valence-corrected chi connectivity index (χ3v) is 4.04. The van der Waals surface area contributed by atoms with E-state index in [2.05, 4.69) is 10.4 Å². The molecule has 112 valence electrons. The van der Waals surface area contributed by atoms with Crippen molar-refractivity contribution >= 4 is 28.9 Å². The Hall–Kier alpha value is -2.01. The van der Waals surface area contributed by atoms with E-state index in [-0.39, 0.29) is 5.91 Å². The molecule has 0 saturated carbocycles. The number of amides is 1. The lowest BCUT2D eigenvalue weighted by Gasteiger charge is -2.15. The highest BCUT2D eigenvalue weighted by atomic mass is 35.5. The van der Waals surface area contributed by atoms with E-state index >= 15 is 0 Å². The second-order valence-corrected chi connectivity index (χ2v) is 5.55. The highest BCUT2D eigenvalue weighted by molar-refractivity contribution is 6.33. The predicted octanol–water partition coefficient (Wildman–Crippen LogP) is 3.24. The molecule has 2 aromatic rings. The monoisotopic (exact) mass is 306 g/mol. The number of nitrogens with one attached hydrogen (secondary N) is 1. The molecule has 5 nitrogen and oxygen atoms in total. The molecule has 1 aromatic heterocycles. The number of nitrogen functional groups attached to an aromatic ring is 1.